The van der Waals surface area contributed by atoms with Crippen LogP contribution >= 0.6 is 11.6 Å². The molecule has 0 fully saturated rings. The second kappa shape index (κ2) is 8.14. The predicted octanol–water partition coefficient (Wildman–Crippen LogP) is 2.84. The highest BCUT2D eigenvalue weighted by Gasteiger charge is 2.29. The molecule has 0 radical (unpaired) electrons. The van der Waals surface area contributed by atoms with Crippen LogP contribution < -0.4 is 10.1 Å². The van der Waals surface area contributed by atoms with Crippen LogP contribution in [0.3, 0.4) is 0 Å². The lowest BCUT2D eigenvalue weighted by molar-refractivity contribution is -0.134. The molecule has 5 nitrogen and oxygen atoms in total. The van der Waals surface area contributed by atoms with Gasteiger partial charge in [0.05, 0.1) is 6.61 Å². The van der Waals surface area contributed by atoms with Crippen LogP contribution in [0, 0.1) is 0 Å². The maximum Gasteiger partial charge on any atom is 0.263 e. The Hall–Kier alpha value is -2.37. The third-order valence-electron chi connectivity index (χ3n) is 3.54. The number of benzene rings is 2. The lowest BCUT2D eigenvalue weighted by Crippen LogP contribution is -2.47. The lowest BCUT2D eigenvalue weighted by atomic mass is 10.0. The number of aliphatic hydroxyl groups excluding tert-OH is 1. The Morgan fingerprint density at radius 1 is 1.04 bits per heavy atom. The minimum atomic E-state index is -1.10. The van der Waals surface area contributed by atoms with E-state index < -0.39 is 5.60 Å². The first-order chi connectivity index (χ1) is 11.8. The first-order valence-electron chi connectivity index (χ1n) is 7.82. The quantitative estimate of drug-likeness (QED) is 0.743. The highest BCUT2D eigenvalue weighted by molar-refractivity contribution is 6.30. The molecule has 0 atom stereocenters. The smallest absolute Gasteiger partial charge is 0.263 e. The van der Waals surface area contributed by atoms with Crippen molar-refractivity contribution in [3.63, 3.8) is 0 Å². The summed E-state index contributed by atoms with van der Waals surface area (Å²) in [4.78, 5) is 24.4. The van der Waals surface area contributed by atoms with E-state index in [1.165, 1.54) is 0 Å². The molecule has 0 aliphatic carbocycles. The number of aliphatic hydroxyl groups is 1. The molecule has 0 saturated heterocycles. The van der Waals surface area contributed by atoms with Crippen molar-refractivity contribution in [1.29, 1.82) is 0 Å². The topological polar surface area (TPSA) is 75.6 Å². The number of halogens is 1. The number of ether oxygens (including phenoxy) is 1. The van der Waals surface area contributed by atoms with Crippen molar-refractivity contribution in [1.82, 2.24) is 5.32 Å². The second-order valence-electron chi connectivity index (χ2n) is 5.95. The lowest BCUT2D eigenvalue weighted by Gasteiger charge is -2.25. The van der Waals surface area contributed by atoms with E-state index in [1.807, 2.05) is 0 Å². The summed E-state index contributed by atoms with van der Waals surface area (Å²) < 4.78 is 5.69. The van der Waals surface area contributed by atoms with Crippen LogP contribution in [-0.4, -0.2) is 35.5 Å². The number of hydrogen-bond donors (Lipinski definition) is 2. The van der Waals surface area contributed by atoms with Gasteiger partial charge in [0.2, 0.25) is 0 Å². The standard InChI is InChI=1S/C19H20ClNO4/c1-19(2,18(24)21-11-12-22)25-16-9-5-14(6-10-16)17(23)13-3-7-15(20)8-4-13/h3-10,22H,11-12H2,1-2H3,(H,21,24). The molecule has 132 valence electrons. The van der Waals surface area contributed by atoms with Gasteiger partial charge in [0.1, 0.15) is 5.75 Å². The van der Waals surface area contributed by atoms with Crippen molar-refractivity contribution in [2.45, 2.75) is 19.4 Å². The number of carbonyl (C=O) groups is 2. The van der Waals surface area contributed by atoms with E-state index >= 15 is 0 Å². The van der Waals surface area contributed by atoms with E-state index in [0.29, 0.717) is 21.9 Å². The molecule has 0 spiro atoms. The minimum absolute atomic E-state index is 0.122. The molecule has 25 heavy (non-hydrogen) atoms. The van der Waals surface area contributed by atoms with E-state index in [-0.39, 0.29) is 24.8 Å². The molecule has 2 aromatic rings. The van der Waals surface area contributed by atoms with Gasteiger partial charge in [-0.3, -0.25) is 9.59 Å². The third kappa shape index (κ3) is 5.05. The SMILES string of the molecule is CC(C)(Oc1ccc(C(=O)c2ccc(Cl)cc2)cc1)C(=O)NCCO. The molecule has 0 unspecified atom stereocenters. The van der Waals surface area contributed by atoms with E-state index in [4.69, 9.17) is 21.4 Å². The van der Waals surface area contributed by atoms with Gasteiger partial charge in [0.25, 0.3) is 5.91 Å². The van der Waals surface area contributed by atoms with Crippen LogP contribution in [0.1, 0.15) is 29.8 Å². The molecule has 0 saturated carbocycles. The fourth-order valence-electron chi connectivity index (χ4n) is 2.17. The molecule has 1 amide bonds. The zero-order chi connectivity index (χ0) is 18.4. The minimum Gasteiger partial charge on any atom is -0.478 e. The zero-order valence-corrected chi connectivity index (χ0v) is 14.8. The highest BCUT2D eigenvalue weighted by Crippen LogP contribution is 2.21. The Morgan fingerprint density at radius 3 is 2.08 bits per heavy atom. The van der Waals surface area contributed by atoms with E-state index in [1.54, 1.807) is 62.4 Å². The summed E-state index contributed by atoms with van der Waals surface area (Å²) in [5.41, 5.74) is -0.0457. The second-order valence-corrected chi connectivity index (χ2v) is 6.39. The normalized spacial score (nSPS) is 11.0. The van der Waals surface area contributed by atoms with Crippen LogP contribution in [0.2, 0.25) is 5.02 Å². The Balaban J connectivity index is 2.07. The van der Waals surface area contributed by atoms with Gasteiger partial charge in [0.15, 0.2) is 11.4 Å². The van der Waals surface area contributed by atoms with E-state index in [0.717, 1.165) is 0 Å². The number of ketones is 1. The summed E-state index contributed by atoms with van der Waals surface area (Å²) in [5.74, 6) is 0.0165. The maximum absolute atomic E-state index is 12.4. The van der Waals surface area contributed by atoms with Crippen molar-refractivity contribution >= 4 is 23.3 Å². The molecule has 2 aromatic carbocycles. The number of hydrogen-bond acceptors (Lipinski definition) is 4. The Kier molecular flexibility index (Phi) is 6.17. The van der Waals surface area contributed by atoms with Crippen molar-refractivity contribution in [2.24, 2.45) is 0 Å². The average molecular weight is 362 g/mol. The molecule has 0 bridgehead atoms. The summed E-state index contributed by atoms with van der Waals surface area (Å²) in [7, 11) is 0. The Bertz CT molecular complexity index is 739. The molecule has 2 N–H and O–H groups in total. The van der Waals surface area contributed by atoms with Gasteiger partial charge < -0.3 is 15.2 Å². The maximum atomic E-state index is 12.4. The number of rotatable bonds is 7. The highest BCUT2D eigenvalue weighted by atomic mass is 35.5. The molecular weight excluding hydrogens is 342 g/mol. The average Bonchev–Trinajstić information content (AvgIpc) is 2.60. The predicted molar refractivity (Wildman–Crippen MR) is 96.1 cm³/mol. The number of carbonyl (C=O) groups excluding carboxylic acids is 2. The van der Waals surface area contributed by atoms with Gasteiger partial charge in [-0.15, -0.1) is 0 Å². The van der Waals surface area contributed by atoms with Gasteiger partial charge in [-0.1, -0.05) is 11.6 Å². The van der Waals surface area contributed by atoms with Crippen molar-refractivity contribution in [3.05, 3.63) is 64.7 Å². The Morgan fingerprint density at radius 2 is 1.56 bits per heavy atom. The van der Waals surface area contributed by atoms with Crippen LogP contribution in [0.4, 0.5) is 0 Å². The largest absolute Gasteiger partial charge is 0.478 e. The van der Waals surface area contributed by atoms with Gasteiger partial charge in [-0.25, -0.2) is 0 Å². The summed E-state index contributed by atoms with van der Waals surface area (Å²) in [6.45, 7) is 3.29. The summed E-state index contributed by atoms with van der Waals surface area (Å²) in [6, 6.07) is 13.3. The monoisotopic (exact) mass is 361 g/mol. The number of amides is 1. The first kappa shape index (κ1) is 19.0. The van der Waals surface area contributed by atoms with Gasteiger partial charge in [0, 0.05) is 22.7 Å². The molecule has 0 aliphatic rings. The van der Waals surface area contributed by atoms with Crippen molar-refractivity contribution in [3.8, 4) is 5.75 Å². The van der Waals surface area contributed by atoms with Crippen LogP contribution in [-0.2, 0) is 4.79 Å². The molecule has 2 rings (SSSR count). The fourth-order valence-corrected chi connectivity index (χ4v) is 2.29. The van der Waals surface area contributed by atoms with E-state index in [9.17, 15) is 9.59 Å². The summed E-state index contributed by atoms with van der Waals surface area (Å²) in [6.07, 6.45) is 0. The zero-order valence-electron chi connectivity index (χ0n) is 14.1. The molecule has 6 heteroatoms. The van der Waals surface area contributed by atoms with Gasteiger partial charge in [-0.2, -0.15) is 0 Å². The number of nitrogens with one attached hydrogen (secondary N) is 1. The Labute approximate surface area is 151 Å². The van der Waals surface area contributed by atoms with Crippen LogP contribution in [0.25, 0.3) is 0 Å². The van der Waals surface area contributed by atoms with E-state index in [2.05, 4.69) is 5.32 Å². The fraction of sp³-hybridized carbons (Fsp3) is 0.263. The molecule has 0 aliphatic heterocycles. The van der Waals surface area contributed by atoms with Gasteiger partial charge in [-0.05, 0) is 62.4 Å². The first-order valence-corrected chi connectivity index (χ1v) is 8.20. The summed E-state index contributed by atoms with van der Waals surface area (Å²) >= 11 is 5.83. The summed E-state index contributed by atoms with van der Waals surface area (Å²) in [5, 5.41) is 11.9. The molecule has 0 aromatic heterocycles. The molecule has 0 heterocycles. The van der Waals surface area contributed by atoms with Crippen LogP contribution in [0.15, 0.2) is 48.5 Å². The van der Waals surface area contributed by atoms with Crippen molar-refractivity contribution in [2.75, 3.05) is 13.2 Å². The third-order valence-corrected chi connectivity index (χ3v) is 3.79. The van der Waals surface area contributed by atoms with Crippen LogP contribution in [0.5, 0.6) is 5.75 Å². The van der Waals surface area contributed by atoms with Crippen molar-refractivity contribution < 1.29 is 19.4 Å². The molecular formula is C19H20ClNO4. The van der Waals surface area contributed by atoms with Gasteiger partial charge >= 0.3 is 0 Å².